The van der Waals surface area contributed by atoms with E-state index in [1.807, 2.05) is 43.4 Å². The van der Waals surface area contributed by atoms with Crippen LogP contribution in [0.2, 0.25) is 0 Å². The lowest BCUT2D eigenvalue weighted by Gasteiger charge is -2.27. The summed E-state index contributed by atoms with van der Waals surface area (Å²) >= 11 is 0. The molecule has 104 valence electrons. The van der Waals surface area contributed by atoms with Gasteiger partial charge in [-0.05, 0) is 18.2 Å². The predicted molar refractivity (Wildman–Crippen MR) is 83.2 cm³/mol. The summed E-state index contributed by atoms with van der Waals surface area (Å²) in [5, 5.41) is 7.58. The van der Waals surface area contributed by atoms with E-state index in [4.69, 9.17) is 0 Å². The van der Waals surface area contributed by atoms with Crippen LogP contribution in [0, 0.1) is 0 Å². The van der Waals surface area contributed by atoms with Gasteiger partial charge in [0.25, 0.3) is 5.91 Å². The zero-order valence-corrected chi connectivity index (χ0v) is 11.6. The van der Waals surface area contributed by atoms with Gasteiger partial charge in [0.2, 0.25) is 0 Å². The molecule has 0 spiro atoms. The van der Waals surface area contributed by atoms with Crippen molar-refractivity contribution in [2.24, 2.45) is 7.05 Å². The summed E-state index contributed by atoms with van der Waals surface area (Å²) in [4.78, 5) is 12.3. The second-order valence-electron chi connectivity index (χ2n) is 5.31. The molecule has 1 aromatic heterocycles. The largest absolute Gasteiger partial charge is 0.361 e. The SMILES string of the molecule is Cn1cc([C@@H]2NC(=O)c3ccccc3N2)c2ccccc21. The Balaban J connectivity index is 1.83. The molecule has 0 fully saturated rings. The summed E-state index contributed by atoms with van der Waals surface area (Å²) in [6.07, 6.45) is 1.86. The molecule has 4 heteroatoms. The Morgan fingerprint density at radius 1 is 1.00 bits per heavy atom. The quantitative estimate of drug-likeness (QED) is 0.718. The van der Waals surface area contributed by atoms with E-state index in [1.54, 1.807) is 0 Å². The number of carbonyl (C=O) groups excluding carboxylic acids is 1. The first-order valence-electron chi connectivity index (χ1n) is 6.94. The third-order valence-corrected chi connectivity index (χ3v) is 3.99. The Hall–Kier alpha value is -2.75. The number of anilines is 1. The molecule has 1 atom stereocenters. The van der Waals surface area contributed by atoms with Crippen molar-refractivity contribution in [1.29, 1.82) is 0 Å². The molecule has 0 aliphatic carbocycles. The lowest BCUT2D eigenvalue weighted by atomic mass is 10.1. The van der Waals surface area contributed by atoms with Crippen LogP contribution < -0.4 is 10.6 Å². The number of aryl methyl sites for hydroxylation is 1. The molecule has 2 N–H and O–H groups in total. The standard InChI is InChI=1S/C17H15N3O/c1-20-10-13(11-6-3-5-9-15(11)20)16-18-14-8-4-2-7-12(14)17(21)19-16/h2-10,16,18H,1H3,(H,19,21)/t16-/m0/s1. The normalized spacial score (nSPS) is 17.2. The van der Waals surface area contributed by atoms with Crippen LogP contribution in [0.5, 0.6) is 0 Å². The molecule has 3 aromatic rings. The molecule has 1 aliphatic heterocycles. The van der Waals surface area contributed by atoms with Crippen molar-refractivity contribution in [3.63, 3.8) is 0 Å². The fraction of sp³-hybridized carbons (Fsp3) is 0.118. The minimum absolute atomic E-state index is 0.0396. The second kappa shape index (κ2) is 4.38. The molecule has 0 radical (unpaired) electrons. The van der Waals surface area contributed by atoms with Crippen LogP contribution in [0.15, 0.2) is 54.7 Å². The number of hydrogen-bond donors (Lipinski definition) is 2. The molecular formula is C17H15N3O. The summed E-state index contributed by atoms with van der Waals surface area (Å²) in [6, 6.07) is 15.8. The van der Waals surface area contributed by atoms with Gasteiger partial charge in [-0.2, -0.15) is 0 Å². The third kappa shape index (κ3) is 1.80. The number of aromatic nitrogens is 1. The number of hydrogen-bond acceptors (Lipinski definition) is 2. The first kappa shape index (κ1) is 12.0. The average molecular weight is 277 g/mol. The predicted octanol–water partition coefficient (Wildman–Crippen LogP) is 3.03. The molecule has 4 nitrogen and oxygen atoms in total. The maximum absolute atomic E-state index is 12.3. The molecule has 0 unspecified atom stereocenters. The minimum atomic E-state index is -0.210. The maximum Gasteiger partial charge on any atom is 0.255 e. The maximum atomic E-state index is 12.3. The number of para-hydroxylation sites is 2. The molecule has 0 bridgehead atoms. The molecule has 1 aliphatic rings. The Bertz CT molecular complexity index is 850. The van der Waals surface area contributed by atoms with Crippen LogP contribution in [-0.4, -0.2) is 10.5 Å². The lowest BCUT2D eigenvalue weighted by Crippen LogP contribution is -2.38. The van der Waals surface area contributed by atoms with Gasteiger partial charge in [-0.25, -0.2) is 0 Å². The molecule has 0 saturated heterocycles. The van der Waals surface area contributed by atoms with Gasteiger partial charge in [-0.1, -0.05) is 30.3 Å². The Morgan fingerprint density at radius 2 is 1.76 bits per heavy atom. The molecule has 2 heterocycles. The van der Waals surface area contributed by atoms with E-state index >= 15 is 0 Å². The van der Waals surface area contributed by atoms with Crippen LogP contribution in [0.25, 0.3) is 10.9 Å². The van der Waals surface area contributed by atoms with Gasteiger partial charge in [-0.15, -0.1) is 0 Å². The smallest absolute Gasteiger partial charge is 0.255 e. The summed E-state index contributed by atoms with van der Waals surface area (Å²) in [5.41, 5.74) is 3.80. The van der Waals surface area contributed by atoms with Crippen molar-refractivity contribution >= 4 is 22.5 Å². The number of nitrogens with zero attached hydrogens (tertiary/aromatic N) is 1. The van der Waals surface area contributed by atoms with Gasteiger partial charge >= 0.3 is 0 Å². The number of benzene rings is 2. The van der Waals surface area contributed by atoms with E-state index in [1.165, 1.54) is 0 Å². The topological polar surface area (TPSA) is 46.1 Å². The van der Waals surface area contributed by atoms with Crippen LogP contribution in [0.1, 0.15) is 22.1 Å². The number of amides is 1. The lowest BCUT2D eigenvalue weighted by molar-refractivity contribution is 0.0936. The van der Waals surface area contributed by atoms with Gasteiger partial charge in [0, 0.05) is 35.4 Å². The van der Waals surface area contributed by atoms with Crippen molar-refractivity contribution in [3.05, 3.63) is 65.9 Å². The van der Waals surface area contributed by atoms with E-state index in [2.05, 4.69) is 33.5 Å². The monoisotopic (exact) mass is 277 g/mol. The van der Waals surface area contributed by atoms with E-state index in [0.717, 1.165) is 22.2 Å². The fourth-order valence-corrected chi connectivity index (χ4v) is 2.97. The first-order chi connectivity index (χ1) is 10.2. The summed E-state index contributed by atoms with van der Waals surface area (Å²) in [6.45, 7) is 0. The zero-order valence-electron chi connectivity index (χ0n) is 11.6. The molecular weight excluding hydrogens is 262 g/mol. The van der Waals surface area contributed by atoms with Crippen LogP contribution >= 0.6 is 0 Å². The molecule has 2 aromatic carbocycles. The zero-order chi connectivity index (χ0) is 14.4. The number of rotatable bonds is 1. The summed E-state index contributed by atoms with van der Waals surface area (Å²) in [7, 11) is 2.02. The van der Waals surface area contributed by atoms with Crippen LogP contribution in [0.4, 0.5) is 5.69 Å². The highest BCUT2D eigenvalue weighted by molar-refractivity contribution is 6.02. The minimum Gasteiger partial charge on any atom is -0.361 e. The number of carbonyl (C=O) groups is 1. The Morgan fingerprint density at radius 3 is 2.67 bits per heavy atom. The van der Waals surface area contributed by atoms with Gasteiger partial charge in [-0.3, -0.25) is 4.79 Å². The van der Waals surface area contributed by atoms with Gasteiger partial charge in [0.1, 0.15) is 6.17 Å². The third-order valence-electron chi connectivity index (χ3n) is 3.99. The van der Waals surface area contributed by atoms with Crippen molar-refractivity contribution in [2.45, 2.75) is 6.17 Å². The fourth-order valence-electron chi connectivity index (χ4n) is 2.97. The number of fused-ring (bicyclic) bond motifs is 2. The van der Waals surface area contributed by atoms with Gasteiger partial charge < -0.3 is 15.2 Å². The van der Waals surface area contributed by atoms with Crippen molar-refractivity contribution < 1.29 is 4.79 Å². The van der Waals surface area contributed by atoms with Crippen LogP contribution in [-0.2, 0) is 7.05 Å². The average Bonchev–Trinajstić information content (AvgIpc) is 2.85. The molecule has 0 saturated carbocycles. The van der Waals surface area contributed by atoms with Gasteiger partial charge in [0.15, 0.2) is 0 Å². The van der Waals surface area contributed by atoms with Crippen molar-refractivity contribution in [1.82, 2.24) is 9.88 Å². The highest BCUT2D eigenvalue weighted by Crippen LogP contribution is 2.31. The van der Waals surface area contributed by atoms with Crippen LogP contribution in [0.3, 0.4) is 0 Å². The summed E-state index contributed by atoms with van der Waals surface area (Å²) in [5.74, 6) is -0.0396. The first-order valence-corrected chi connectivity index (χ1v) is 6.94. The van der Waals surface area contributed by atoms with E-state index in [0.29, 0.717) is 5.56 Å². The van der Waals surface area contributed by atoms with E-state index < -0.39 is 0 Å². The highest BCUT2D eigenvalue weighted by atomic mass is 16.2. The number of nitrogens with one attached hydrogen (secondary N) is 2. The Labute approximate surface area is 122 Å². The molecule has 1 amide bonds. The molecule has 4 rings (SSSR count). The van der Waals surface area contributed by atoms with Crippen molar-refractivity contribution in [3.8, 4) is 0 Å². The van der Waals surface area contributed by atoms with E-state index in [9.17, 15) is 4.79 Å². The molecule has 21 heavy (non-hydrogen) atoms. The Kier molecular flexibility index (Phi) is 2.51. The van der Waals surface area contributed by atoms with Gasteiger partial charge in [0.05, 0.1) is 5.56 Å². The van der Waals surface area contributed by atoms with E-state index in [-0.39, 0.29) is 12.1 Å². The second-order valence-corrected chi connectivity index (χ2v) is 5.31. The van der Waals surface area contributed by atoms with Crippen molar-refractivity contribution in [2.75, 3.05) is 5.32 Å². The highest BCUT2D eigenvalue weighted by Gasteiger charge is 2.26. The summed E-state index contributed by atoms with van der Waals surface area (Å²) < 4.78 is 2.08.